The summed E-state index contributed by atoms with van der Waals surface area (Å²) >= 11 is 0. The lowest BCUT2D eigenvalue weighted by atomic mass is 10.0. The summed E-state index contributed by atoms with van der Waals surface area (Å²) < 4.78 is 7.41. The number of methoxy groups -OCH3 is 1. The SMILES string of the molecule is COCC(C(C)C)n1c(N)nc2c(C)cccc21. The van der Waals surface area contributed by atoms with Gasteiger partial charge in [0.15, 0.2) is 0 Å². The van der Waals surface area contributed by atoms with Crippen LogP contribution in [0.2, 0.25) is 0 Å². The molecule has 0 bridgehead atoms. The fraction of sp³-hybridized carbons (Fsp3) is 0.500. The summed E-state index contributed by atoms with van der Waals surface area (Å²) in [5.74, 6) is 1.00. The summed E-state index contributed by atoms with van der Waals surface area (Å²) in [7, 11) is 1.72. The highest BCUT2D eigenvalue weighted by atomic mass is 16.5. The molecule has 18 heavy (non-hydrogen) atoms. The number of aryl methyl sites for hydroxylation is 1. The van der Waals surface area contributed by atoms with Crippen LogP contribution in [-0.4, -0.2) is 23.3 Å². The van der Waals surface area contributed by atoms with Crippen LogP contribution in [0.15, 0.2) is 18.2 Å². The van der Waals surface area contributed by atoms with E-state index < -0.39 is 0 Å². The number of fused-ring (bicyclic) bond motifs is 1. The molecule has 2 aromatic rings. The molecule has 0 fully saturated rings. The van der Waals surface area contributed by atoms with Crippen molar-refractivity contribution in [1.29, 1.82) is 0 Å². The number of hydrogen-bond donors (Lipinski definition) is 1. The zero-order valence-corrected chi connectivity index (χ0v) is 11.5. The molecular formula is C14H21N3O. The monoisotopic (exact) mass is 247 g/mol. The Morgan fingerprint density at radius 3 is 2.72 bits per heavy atom. The number of rotatable bonds is 4. The summed E-state index contributed by atoms with van der Waals surface area (Å²) in [6, 6.07) is 6.37. The summed E-state index contributed by atoms with van der Waals surface area (Å²) in [6.45, 7) is 7.04. The van der Waals surface area contributed by atoms with Crippen molar-refractivity contribution in [3.63, 3.8) is 0 Å². The molecule has 0 radical (unpaired) electrons. The standard InChI is InChI=1S/C14H21N3O/c1-9(2)12(8-18-4)17-11-7-5-6-10(3)13(11)16-14(17)15/h5-7,9,12H,8H2,1-4H3,(H2,15,16). The molecule has 0 saturated heterocycles. The molecule has 98 valence electrons. The number of anilines is 1. The Balaban J connectivity index is 2.62. The van der Waals surface area contributed by atoms with Crippen molar-refractivity contribution in [2.75, 3.05) is 19.5 Å². The predicted octanol–water partition coefficient (Wildman–Crippen LogP) is 2.77. The van der Waals surface area contributed by atoms with Gasteiger partial charge in [-0.25, -0.2) is 4.98 Å². The first kappa shape index (κ1) is 12.9. The van der Waals surface area contributed by atoms with E-state index in [4.69, 9.17) is 10.5 Å². The highest BCUT2D eigenvalue weighted by Gasteiger charge is 2.21. The van der Waals surface area contributed by atoms with Crippen LogP contribution in [0.3, 0.4) is 0 Å². The molecule has 0 spiro atoms. The van der Waals surface area contributed by atoms with E-state index in [9.17, 15) is 0 Å². The second kappa shape index (κ2) is 4.98. The van der Waals surface area contributed by atoms with Crippen LogP contribution in [0.1, 0.15) is 25.5 Å². The maximum absolute atomic E-state index is 6.09. The lowest BCUT2D eigenvalue weighted by Crippen LogP contribution is -2.21. The van der Waals surface area contributed by atoms with E-state index in [0.717, 1.165) is 16.6 Å². The number of nitrogen functional groups attached to an aromatic ring is 1. The first-order valence-electron chi connectivity index (χ1n) is 6.28. The minimum absolute atomic E-state index is 0.210. The Hall–Kier alpha value is -1.55. The summed E-state index contributed by atoms with van der Waals surface area (Å²) in [5, 5.41) is 0. The summed E-state index contributed by atoms with van der Waals surface area (Å²) in [6.07, 6.45) is 0. The van der Waals surface area contributed by atoms with Crippen molar-refractivity contribution in [3.05, 3.63) is 23.8 Å². The lowest BCUT2D eigenvalue weighted by molar-refractivity contribution is 0.136. The molecule has 0 aliphatic heterocycles. The third-order valence-electron chi connectivity index (χ3n) is 3.39. The van der Waals surface area contributed by atoms with E-state index in [-0.39, 0.29) is 6.04 Å². The van der Waals surface area contributed by atoms with Gasteiger partial charge in [-0.15, -0.1) is 0 Å². The van der Waals surface area contributed by atoms with Gasteiger partial charge in [-0.1, -0.05) is 26.0 Å². The fourth-order valence-electron chi connectivity index (χ4n) is 2.36. The van der Waals surface area contributed by atoms with Crippen LogP contribution in [0.4, 0.5) is 5.95 Å². The number of nitrogens with two attached hydrogens (primary N) is 1. The number of para-hydroxylation sites is 1. The molecule has 1 atom stereocenters. The molecule has 1 aromatic carbocycles. The first-order valence-corrected chi connectivity index (χ1v) is 6.28. The molecule has 2 rings (SSSR count). The molecule has 4 nitrogen and oxygen atoms in total. The van der Waals surface area contributed by atoms with Crippen LogP contribution < -0.4 is 5.73 Å². The quantitative estimate of drug-likeness (QED) is 0.903. The van der Waals surface area contributed by atoms with Gasteiger partial charge in [0.25, 0.3) is 0 Å². The molecule has 0 amide bonds. The van der Waals surface area contributed by atoms with Gasteiger partial charge in [0.1, 0.15) is 0 Å². The third kappa shape index (κ3) is 2.08. The maximum atomic E-state index is 6.09. The van der Waals surface area contributed by atoms with Crippen LogP contribution in [0, 0.1) is 12.8 Å². The average molecular weight is 247 g/mol. The van der Waals surface area contributed by atoms with Gasteiger partial charge in [0.2, 0.25) is 5.95 Å². The molecule has 4 heteroatoms. The van der Waals surface area contributed by atoms with Crippen molar-refractivity contribution in [2.24, 2.45) is 5.92 Å². The van der Waals surface area contributed by atoms with E-state index in [1.807, 2.05) is 6.07 Å². The van der Waals surface area contributed by atoms with Crippen molar-refractivity contribution in [3.8, 4) is 0 Å². The van der Waals surface area contributed by atoms with Gasteiger partial charge in [0, 0.05) is 7.11 Å². The van der Waals surface area contributed by atoms with Crippen molar-refractivity contribution >= 4 is 17.0 Å². The van der Waals surface area contributed by atoms with Crippen LogP contribution in [-0.2, 0) is 4.74 Å². The number of benzene rings is 1. The Morgan fingerprint density at radius 1 is 1.39 bits per heavy atom. The number of hydrogen-bond acceptors (Lipinski definition) is 3. The Bertz CT molecular complexity index is 545. The van der Waals surface area contributed by atoms with E-state index in [2.05, 4.69) is 42.5 Å². The van der Waals surface area contributed by atoms with Crippen LogP contribution in [0.5, 0.6) is 0 Å². The molecule has 1 heterocycles. The van der Waals surface area contributed by atoms with E-state index >= 15 is 0 Å². The second-order valence-electron chi connectivity index (χ2n) is 5.05. The van der Waals surface area contributed by atoms with Gasteiger partial charge >= 0.3 is 0 Å². The molecule has 0 aliphatic rings. The van der Waals surface area contributed by atoms with Crippen molar-refractivity contribution in [1.82, 2.24) is 9.55 Å². The summed E-state index contributed by atoms with van der Waals surface area (Å²) in [4.78, 5) is 4.48. The molecule has 1 unspecified atom stereocenters. The topological polar surface area (TPSA) is 53.1 Å². The molecule has 2 N–H and O–H groups in total. The first-order chi connectivity index (χ1) is 8.56. The average Bonchev–Trinajstić information content (AvgIpc) is 2.64. The Labute approximate surface area is 108 Å². The normalized spacial score (nSPS) is 13.4. The van der Waals surface area contributed by atoms with E-state index in [1.54, 1.807) is 7.11 Å². The number of imidazole rings is 1. The van der Waals surface area contributed by atoms with Gasteiger partial charge in [0.05, 0.1) is 23.7 Å². The number of nitrogens with zero attached hydrogens (tertiary/aromatic N) is 2. The number of ether oxygens (including phenoxy) is 1. The molecule has 1 aromatic heterocycles. The minimum atomic E-state index is 0.210. The predicted molar refractivity (Wildman–Crippen MR) is 74.6 cm³/mol. The highest BCUT2D eigenvalue weighted by molar-refractivity contribution is 5.81. The van der Waals surface area contributed by atoms with Crippen LogP contribution >= 0.6 is 0 Å². The van der Waals surface area contributed by atoms with Gasteiger partial charge in [-0.2, -0.15) is 0 Å². The maximum Gasteiger partial charge on any atom is 0.201 e. The van der Waals surface area contributed by atoms with E-state index in [0.29, 0.717) is 18.5 Å². The van der Waals surface area contributed by atoms with Gasteiger partial charge in [-0.3, -0.25) is 0 Å². The zero-order valence-electron chi connectivity index (χ0n) is 11.5. The van der Waals surface area contributed by atoms with E-state index in [1.165, 1.54) is 0 Å². The third-order valence-corrected chi connectivity index (χ3v) is 3.39. The van der Waals surface area contributed by atoms with Gasteiger partial charge in [-0.05, 0) is 24.5 Å². The fourth-order valence-corrected chi connectivity index (χ4v) is 2.36. The van der Waals surface area contributed by atoms with Crippen molar-refractivity contribution < 1.29 is 4.74 Å². The Morgan fingerprint density at radius 2 is 2.11 bits per heavy atom. The second-order valence-corrected chi connectivity index (χ2v) is 5.05. The van der Waals surface area contributed by atoms with Crippen LogP contribution in [0.25, 0.3) is 11.0 Å². The number of aromatic nitrogens is 2. The zero-order chi connectivity index (χ0) is 13.3. The minimum Gasteiger partial charge on any atom is -0.383 e. The smallest absolute Gasteiger partial charge is 0.201 e. The molecular weight excluding hydrogens is 226 g/mol. The lowest BCUT2D eigenvalue weighted by Gasteiger charge is -2.23. The molecule has 0 aliphatic carbocycles. The largest absolute Gasteiger partial charge is 0.383 e. The van der Waals surface area contributed by atoms with Gasteiger partial charge < -0.3 is 15.0 Å². The van der Waals surface area contributed by atoms with Crippen molar-refractivity contribution in [2.45, 2.75) is 26.8 Å². The Kier molecular flexibility index (Phi) is 3.57. The highest BCUT2D eigenvalue weighted by Crippen LogP contribution is 2.28. The summed E-state index contributed by atoms with van der Waals surface area (Å²) in [5.41, 5.74) is 9.31. The molecule has 0 saturated carbocycles.